The summed E-state index contributed by atoms with van der Waals surface area (Å²) in [6.07, 6.45) is -0.0412. The van der Waals surface area contributed by atoms with Crippen LogP contribution in [-0.2, 0) is 6.42 Å². The molecule has 2 N–H and O–H groups in total. The largest absolute Gasteiger partial charge is 0.398 e. The minimum absolute atomic E-state index is 0.0412. The van der Waals surface area contributed by atoms with E-state index in [0.717, 1.165) is 4.90 Å². The van der Waals surface area contributed by atoms with Crippen LogP contribution in [0.5, 0.6) is 0 Å². The maximum absolute atomic E-state index is 12.3. The quantitative estimate of drug-likeness (QED) is 0.298. The van der Waals surface area contributed by atoms with Crippen LogP contribution in [0.2, 0.25) is 0 Å². The molecule has 0 radical (unpaired) electrons. The Morgan fingerprint density at radius 3 is 2.40 bits per heavy atom. The Balaban J connectivity index is 1.88. The molecule has 2 aromatic carbocycles. The van der Waals surface area contributed by atoms with Gasteiger partial charge in [-0.1, -0.05) is 0 Å². The maximum atomic E-state index is 12.3. The number of hydrogen-bond acceptors (Lipinski definition) is 6. The van der Waals surface area contributed by atoms with Crippen molar-refractivity contribution in [3.05, 3.63) is 68.8 Å². The lowest BCUT2D eigenvalue weighted by Gasteiger charge is -2.06. The zero-order valence-corrected chi connectivity index (χ0v) is 13.2. The molecular weight excluding hydrogens is 326 g/mol. The van der Waals surface area contributed by atoms with Crippen LogP contribution in [-0.4, -0.2) is 34.5 Å². The van der Waals surface area contributed by atoms with E-state index in [1.165, 1.54) is 43.4 Å². The zero-order valence-electron chi connectivity index (χ0n) is 13.2. The summed E-state index contributed by atoms with van der Waals surface area (Å²) in [5, 5.41) is 10.6. The van der Waals surface area contributed by atoms with E-state index in [0.29, 0.717) is 11.1 Å². The van der Waals surface area contributed by atoms with E-state index in [9.17, 15) is 24.5 Å². The number of nitro benzene ring substituents is 1. The number of imide groups is 1. The minimum Gasteiger partial charge on any atom is -0.398 e. The standard InChI is InChI=1S/C17H13N3O5/c1-19-16(22)12-6-9(7-13(18)15(12)17(19)23)8-14(21)10-2-4-11(5-3-10)20(24)25/h2-7H,8,18H2,1H3. The third-order valence-electron chi connectivity index (χ3n) is 4.05. The van der Waals surface area contributed by atoms with Gasteiger partial charge in [0.25, 0.3) is 17.5 Å². The van der Waals surface area contributed by atoms with Crippen molar-refractivity contribution in [1.82, 2.24) is 4.90 Å². The van der Waals surface area contributed by atoms with Crippen LogP contribution in [0.15, 0.2) is 36.4 Å². The molecule has 0 saturated carbocycles. The van der Waals surface area contributed by atoms with Crippen molar-refractivity contribution < 1.29 is 19.3 Å². The number of Topliss-reactive ketones (excluding diaryl/α,β-unsaturated/α-hetero) is 1. The molecule has 0 aliphatic carbocycles. The normalized spacial score (nSPS) is 13.1. The van der Waals surface area contributed by atoms with Gasteiger partial charge in [-0.15, -0.1) is 0 Å². The van der Waals surface area contributed by atoms with Gasteiger partial charge in [-0.3, -0.25) is 29.4 Å². The number of nitro groups is 1. The lowest BCUT2D eigenvalue weighted by atomic mass is 9.98. The van der Waals surface area contributed by atoms with Crippen molar-refractivity contribution in [3.63, 3.8) is 0 Å². The van der Waals surface area contributed by atoms with E-state index in [2.05, 4.69) is 0 Å². The fraction of sp³-hybridized carbons (Fsp3) is 0.118. The number of carbonyl (C=O) groups is 3. The molecule has 8 heteroatoms. The van der Waals surface area contributed by atoms with Crippen LogP contribution >= 0.6 is 0 Å². The van der Waals surface area contributed by atoms with Crippen molar-refractivity contribution in [2.75, 3.05) is 12.8 Å². The Morgan fingerprint density at radius 1 is 1.16 bits per heavy atom. The molecule has 0 aromatic heterocycles. The van der Waals surface area contributed by atoms with E-state index < -0.39 is 16.7 Å². The van der Waals surface area contributed by atoms with Crippen molar-refractivity contribution in [2.45, 2.75) is 6.42 Å². The second-order valence-electron chi connectivity index (χ2n) is 5.68. The third-order valence-corrected chi connectivity index (χ3v) is 4.05. The molecule has 8 nitrogen and oxygen atoms in total. The fourth-order valence-electron chi connectivity index (χ4n) is 2.73. The van der Waals surface area contributed by atoms with Crippen LogP contribution in [0.3, 0.4) is 0 Å². The summed E-state index contributed by atoms with van der Waals surface area (Å²) in [5.74, 6) is -1.21. The highest BCUT2D eigenvalue weighted by Crippen LogP contribution is 2.29. The van der Waals surface area contributed by atoms with Gasteiger partial charge in [-0.25, -0.2) is 0 Å². The van der Waals surface area contributed by atoms with E-state index in [4.69, 9.17) is 5.73 Å². The Hall–Kier alpha value is -3.55. The van der Waals surface area contributed by atoms with Gasteiger partial charge < -0.3 is 5.73 Å². The number of ketones is 1. The number of carbonyl (C=O) groups excluding carboxylic acids is 3. The van der Waals surface area contributed by atoms with Gasteiger partial charge in [0.1, 0.15) is 0 Å². The average molecular weight is 339 g/mol. The van der Waals surface area contributed by atoms with Crippen LogP contribution in [0, 0.1) is 10.1 Å². The summed E-state index contributed by atoms with van der Waals surface area (Å²) in [6, 6.07) is 8.23. The minimum atomic E-state index is -0.547. The van der Waals surface area contributed by atoms with E-state index in [-0.39, 0.29) is 34.7 Å². The molecule has 0 spiro atoms. The highest BCUT2D eigenvalue weighted by atomic mass is 16.6. The molecule has 1 heterocycles. The van der Waals surface area contributed by atoms with E-state index in [1.54, 1.807) is 0 Å². The molecule has 2 aromatic rings. The first-order chi connectivity index (χ1) is 11.8. The highest BCUT2D eigenvalue weighted by molar-refractivity contribution is 6.23. The summed E-state index contributed by atoms with van der Waals surface area (Å²) in [7, 11) is 1.37. The lowest BCUT2D eigenvalue weighted by molar-refractivity contribution is -0.384. The van der Waals surface area contributed by atoms with Gasteiger partial charge in [0.15, 0.2) is 5.78 Å². The van der Waals surface area contributed by atoms with Gasteiger partial charge in [0.05, 0.1) is 16.1 Å². The van der Waals surface area contributed by atoms with Crippen molar-refractivity contribution in [2.24, 2.45) is 0 Å². The molecular formula is C17H13N3O5. The first kappa shape index (κ1) is 16.3. The number of nitrogens with zero attached hydrogens (tertiary/aromatic N) is 2. The molecule has 0 atom stereocenters. The maximum Gasteiger partial charge on any atom is 0.269 e. The van der Waals surface area contributed by atoms with Crippen LogP contribution in [0.4, 0.5) is 11.4 Å². The topological polar surface area (TPSA) is 124 Å². The molecule has 1 aliphatic heterocycles. The highest BCUT2D eigenvalue weighted by Gasteiger charge is 2.35. The summed E-state index contributed by atoms with van der Waals surface area (Å²) in [5.41, 5.74) is 7.05. The number of anilines is 1. The van der Waals surface area contributed by atoms with Crippen molar-refractivity contribution in [1.29, 1.82) is 0 Å². The Labute approximate surface area is 142 Å². The Kier molecular flexibility index (Phi) is 3.80. The van der Waals surface area contributed by atoms with Crippen molar-refractivity contribution >= 4 is 29.0 Å². The summed E-state index contributed by atoms with van der Waals surface area (Å²) in [4.78, 5) is 47.5. The second kappa shape index (κ2) is 5.82. The predicted molar refractivity (Wildman–Crippen MR) is 88.4 cm³/mol. The summed E-state index contributed by atoms with van der Waals surface area (Å²) < 4.78 is 0. The Morgan fingerprint density at radius 2 is 1.80 bits per heavy atom. The summed E-state index contributed by atoms with van der Waals surface area (Å²) >= 11 is 0. The molecule has 0 unspecified atom stereocenters. The molecule has 0 fully saturated rings. The number of nitrogen functional groups attached to an aromatic ring is 1. The SMILES string of the molecule is CN1C(=O)c2cc(CC(=O)c3ccc([N+](=O)[O-])cc3)cc(N)c2C1=O. The van der Waals surface area contributed by atoms with E-state index in [1.807, 2.05) is 0 Å². The molecule has 0 saturated heterocycles. The number of amides is 2. The first-order valence-corrected chi connectivity index (χ1v) is 7.32. The van der Waals surface area contributed by atoms with Crippen molar-refractivity contribution in [3.8, 4) is 0 Å². The van der Waals surface area contributed by atoms with Gasteiger partial charge in [-0.05, 0) is 29.8 Å². The van der Waals surface area contributed by atoms with Gasteiger partial charge >= 0.3 is 0 Å². The molecule has 25 heavy (non-hydrogen) atoms. The number of benzene rings is 2. The third kappa shape index (κ3) is 2.74. The smallest absolute Gasteiger partial charge is 0.269 e. The predicted octanol–water partition coefficient (Wildman–Crippen LogP) is 1.83. The molecule has 126 valence electrons. The van der Waals surface area contributed by atoms with Gasteiger partial charge in [0.2, 0.25) is 0 Å². The zero-order chi connectivity index (χ0) is 18.3. The molecule has 2 amide bonds. The van der Waals surface area contributed by atoms with Gasteiger partial charge in [-0.2, -0.15) is 0 Å². The number of rotatable bonds is 4. The number of non-ortho nitro benzene ring substituents is 1. The summed E-state index contributed by atoms with van der Waals surface area (Å²) in [6.45, 7) is 0. The van der Waals surface area contributed by atoms with E-state index >= 15 is 0 Å². The Bertz CT molecular complexity index is 934. The second-order valence-corrected chi connectivity index (χ2v) is 5.68. The van der Waals surface area contributed by atoms with Crippen LogP contribution in [0.25, 0.3) is 0 Å². The number of fused-ring (bicyclic) bond motifs is 1. The monoisotopic (exact) mass is 339 g/mol. The first-order valence-electron chi connectivity index (χ1n) is 7.32. The molecule has 1 aliphatic rings. The van der Waals surface area contributed by atoms with Crippen LogP contribution < -0.4 is 5.73 Å². The fourth-order valence-corrected chi connectivity index (χ4v) is 2.73. The molecule has 3 rings (SSSR count). The molecule has 0 bridgehead atoms. The van der Waals surface area contributed by atoms with Gasteiger partial charge in [0, 0.05) is 36.9 Å². The average Bonchev–Trinajstić information content (AvgIpc) is 2.79. The van der Waals surface area contributed by atoms with Crippen LogP contribution in [0.1, 0.15) is 36.6 Å². The number of hydrogen-bond donors (Lipinski definition) is 1. The lowest BCUT2D eigenvalue weighted by Crippen LogP contribution is -2.24. The number of nitrogens with two attached hydrogens (primary N) is 1.